The molecule has 4 N–H and O–H groups in total. The molecular weight excluding hydrogens is 258 g/mol. The molecule has 0 saturated heterocycles. The quantitative estimate of drug-likeness (QED) is 0.784. The predicted octanol–water partition coefficient (Wildman–Crippen LogP) is 1.75. The van der Waals surface area contributed by atoms with Gasteiger partial charge in [-0.2, -0.15) is 0 Å². The van der Waals surface area contributed by atoms with Gasteiger partial charge in [-0.3, -0.25) is 0 Å². The van der Waals surface area contributed by atoms with Gasteiger partial charge in [-0.05, 0) is 41.3 Å². The van der Waals surface area contributed by atoms with Gasteiger partial charge in [0.05, 0.1) is 22.0 Å². The number of nitrogens with one attached hydrogen (secondary N) is 1. The molecule has 1 saturated carbocycles. The van der Waals surface area contributed by atoms with Gasteiger partial charge in [0.15, 0.2) is 0 Å². The average molecular weight is 272 g/mol. The smallest absolute Gasteiger partial charge is 0.140 e. The molecule has 1 aliphatic carbocycles. The number of hydrogen-bond donors (Lipinski definition) is 3. The highest BCUT2D eigenvalue weighted by atomic mass is 79.9. The van der Waals surface area contributed by atoms with Crippen LogP contribution in [0.15, 0.2) is 16.7 Å². The van der Waals surface area contributed by atoms with Crippen molar-refractivity contribution in [3.05, 3.63) is 16.7 Å². The Kier molecular flexibility index (Phi) is 2.84. The maximum Gasteiger partial charge on any atom is 0.140 e. The highest BCUT2D eigenvalue weighted by Crippen LogP contribution is 2.32. The number of nitrogens with two attached hydrogens (primary N) is 1. The molecule has 0 amide bonds. The summed E-state index contributed by atoms with van der Waals surface area (Å²) in [6, 6.07) is 1.79. The molecule has 0 unspecified atom stereocenters. The van der Waals surface area contributed by atoms with Crippen LogP contribution in [0.5, 0.6) is 0 Å². The van der Waals surface area contributed by atoms with Crippen LogP contribution >= 0.6 is 15.9 Å². The normalized spacial score (nSPS) is 18.3. The fourth-order valence-electron chi connectivity index (χ4n) is 1.59. The van der Waals surface area contributed by atoms with E-state index in [9.17, 15) is 5.11 Å². The van der Waals surface area contributed by atoms with Gasteiger partial charge in [0.2, 0.25) is 0 Å². The minimum absolute atomic E-state index is 0.539. The number of halogens is 1. The first-order valence-electron chi connectivity index (χ1n) is 4.96. The van der Waals surface area contributed by atoms with E-state index in [1.54, 1.807) is 12.3 Å². The largest absolute Gasteiger partial charge is 0.397 e. The van der Waals surface area contributed by atoms with E-state index >= 15 is 0 Å². The van der Waals surface area contributed by atoms with Gasteiger partial charge < -0.3 is 16.2 Å². The molecule has 82 valence electrons. The van der Waals surface area contributed by atoms with Crippen LogP contribution in [0.4, 0.5) is 11.5 Å². The van der Waals surface area contributed by atoms with Gasteiger partial charge in [0, 0.05) is 6.54 Å². The molecule has 0 aliphatic heterocycles. The summed E-state index contributed by atoms with van der Waals surface area (Å²) in [5.41, 5.74) is 5.66. The minimum Gasteiger partial charge on any atom is -0.397 e. The molecule has 15 heavy (non-hydrogen) atoms. The van der Waals surface area contributed by atoms with Gasteiger partial charge in [-0.25, -0.2) is 4.98 Å². The third-order valence-electron chi connectivity index (χ3n) is 2.73. The van der Waals surface area contributed by atoms with Gasteiger partial charge in [-0.1, -0.05) is 0 Å². The number of anilines is 2. The molecule has 0 spiro atoms. The van der Waals surface area contributed by atoms with Crippen LogP contribution in [0.25, 0.3) is 0 Å². The number of aromatic nitrogens is 1. The van der Waals surface area contributed by atoms with E-state index in [1.807, 2.05) is 0 Å². The van der Waals surface area contributed by atoms with Crippen LogP contribution in [0.3, 0.4) is 0 Å². The molecule has 1 fully saturated rings. The van der Waals surface area contributed by atoms with E-state index in [-0.39, 0.29) is 0 Å². The zero-order valence-corrected chi connectivity index (χ0v) is 9.92. The van der Waals surface area contributed by atoms with Gasteiger partial charge >= 0.3 is 0 Å². The predicted molar refractivity (Wildman–Crippen MR) is 63.6 cm³/mol. The Balaban J connectivity index is 1.98. The fraction of sp³-hybridized carbons (Fsp3) is 0.500. The van der Waals surface area contributed by atoms with Crippen molar-refractivity contribution in [3.8, 4) is 0 Å². The minimum atomic E-state index is -0.539. The highest BCUT2D eigenvalue weighted by Gasteiger charge is 2.34. The third kappa shape index (κ3) is 2.41. The summed E-state index contributed by atoms with van der Waals surface area (Å²) in [6.45, 7) is 0.544. The fourth-order valence-corrected chi connectivity index (χ4v) is 2.10. The molecule has 1 aromatic rings. The van der Waals surface area contributed by atoms with Crippen molar-refractivity contribution in [1.29, 1.82) is 0 Å². The average Bonchev–Trinajstić information content (AvgIpc) is 2.14. The van der Waals surface area contributed by atoms with E-state index in [4.69, 9.17) is 5.73 Å². The monoisotopic (exact) mass is 271 g/mol. The summed E-state index contributed by atoms with van der Waals surface area (Å²) in [5, 5.41) is 13.0. The Hall–Kier alpha value is -0.810. The molecule has 2 rings (SSSR count). The van der Waals surface area contributed by atoms with Crippen LogP contribution in [-0.2, 0) is 0 Å². The van der Waals surface area contributed by atoms with E-state index in [0.717, 1.165) is 29.6 Å². The van der Waals surface area contributed by atoms with Gasteiger partial charge in [-0.15, -0.1) is 0 Å². The lowest BCUT2D eigenvalue weighted by atomic mass is 9.80. The molecule has 5 heteroatoms. The number of aliphatic hydroxyl groups is 1. The van der Waals surface area contributed by atoms with Gasteiger partial charge in [0.1, 0.15) is 5.82 Å². The SMILES string of the molecule is Nc1cnc(NCC2(O)CCC2)c(Br)c1. The van der Waals surface area contributed by atoms with Crippen molar-refractivity contribution in [1.82, 2.24) is 4.98 Å². The second-order valence-electron chi connectivity index (χ2n) is 4.03. The van der Waals surface area contributed by atoms with Crippen LogP contribution in [0, 0.1) is 0 Å². The molecule has 1 aliphatic rings. The lowest BCUT2D eigenvalue weighted by Crippen LogP contribution is -2.43. The Morgan fingerprint density at radius 3 is 2.87 bits per heavy atom. The lowest BCUT2D eigenvalue weighted by molar-refractivity contribution is -0.0202. The summed E-state index contributed by atoms with van der Waals surface area (Å²) >= 11 is 3.37. The van der Waals surface area contributed by atoms with E-state index in [1.165, 1.54) is 0 Å². The zero-order valence-electron chi connectivity index (χ0n) is 8.33. The summed E-state index contributed by atoms with van der Waals surface area (Å²) in [5.74, 6) is 0.726. The van der Waals surface area contributed by atoms with Crippen molar-refractivity contribution in [3.63, 3.8) is 0 Å². The number of pyridine rings is 1. The Morgan fingerprint density at radius 1 is 1.60 bits per heavy atom. The summed E-state index contributed by atoms with van der Waals surface area (Å²) in [4.78, 5) is 4.15. The van der Waals surface area contributed by atoms with Crippen LogP contribution < -0.4 is 11.1 Å². The second kappa shape index (κ2) is 3.98. The number of nitrogen functional groups attached to an aromatic ring is 1. The number of hydrogen-bond acceptors (Lipinski definition) is 4. The van der Waals surface area contributed by atoms with Crippen LogP contribution in [0.2, 0.25) is 0 Å². The molecule has 0 bridgehead atoms. The first-order chi connectivity index (χ1) is 7.09. The number of nitrogens with zero attached hydrogens (tertiary/aromatic N) is 1. The van der Waals surface area contributed by atoms with Crippen molar-refractivity contribution in [2.75, 3.05) is 17.6 Å². The summed E-state index contributed by atoms with van der Waals surface area (Å²) in [6.07, 6.45) is 4.44. The van der Waals surface area contributed by atoms with Crippen LogP contribution in [-0.4, -0.2) is 22.2 Å². The molecule has 1 heterocycles. The second-order valence-corrected chi connectivity index (χ2v) is 4.88. The first-order valence-corrected chi connectivity index (χ1v) is 5.76. The molecule has 1 aromatic heterocycles. The zero-order chi connectivity index (χ0) is 10.9. The first kappa shape index (κ1) is 10.7. The standard InChI is InChI=1S/C10H14BrN3O/c11-8-4-7(12)5-13-9(8)14-6-10(15)2-1-3-10/h4-5,15H,1-3,6,12H2,(H,13,14). The summed E-state index contributed by atoms with van der Waals surface area (Å²) in [7, 11) is 0. The number of rotatable bonds is 3. The summed E-state index contributed by atoms with van der Waals surface area (Å²) < 4.78 is 0.824. The Bertz CT molecular complexity index is 366. The van der Waals surface area contributed by atoms with Gasteiger partial charge in [0.25, 0.3) is 0 Å². The highest BCUT2D eigenvalue weighted by molar-refractivity contribution is 9.10. The van der Waals surface area contributed by atoms with Crippen LogP contribution in [0.1, 0.15) is 19.3 Å². The van der Waals surface area contributed by atoms with E-state index < -0.39 is 5.60 Å². The van der Waals surface area contributed by atoms with Crippen molar-refractivity contribution < 1.29 is 5.11 Å². The molecular formula is C10H14BrN3O. The van der Waals surface area contributed by atoms with Crippen molar-refractivity contribution in [2.24, 2.45) is 0 Å². The third-order valence-corrected chi connectivity index (χ3v) is 3.34. The molecule has 0 atom stereocenters. The lowest BCUT2D eigenvalue weighted by Gasteiger charge is -2.36. The Morgan fingerprint density at radius 2 is 2.33 bits per heavy atom. The molecule has 0 radical (unpaired) electrons. The van der Waals surface area contributed by atoms with Crippen molar-refractivity contribution in [2.45, 2.75) is 24.9 Å². The van der Waals surface area contributed by atoms with Crippen molar-refractivity contribution >= 4 is 27.4 Å². The van der Waals surface area contributed by atoms with E-state index in [2.05, 4.69) is 26.2 Å². The molecule has 0 aromatic carbocycles. The molecule has 4 nitrogen and oxygen atoms in total. The van der Waals surface area contributed by atoms with E-state index in [0.29, 0.717) is 12.2 Å². The maximum atomic E-state index is 9.89. The maximum absolute atomic E-state index is 9.89. The Labute approximate surface area is 97.0 Å². The topological polar surface area (TPSA) is 71.2 Å².